The highest BCUT2D eigenvalue weighted by Gasteiger charge is 2.35. The molecule has 2 aromatic carbocycles. The largest absolute Gasteiger partial charge is 0.496 e. The number of rotatable bonds is 4. The number of thiocarbonyl (C=S) groups is 1. The fourth-order valence-corrected chi connectivity index (χ4v) is 2.09. The van der Waals surface area contributed by atoms with Gasteiger partial charge in [-0.3, -0.25) is 0 Å². The summed E-state index contributed by atoms with van der Waals surface area (Å²) >= 11 is 4.05. The first-order valence-corrected chi connectivity index (χ1v) is 7.49. The standard InChI is InChI=1S/C16H14F4O2.CH3NS/c1-10-8-12(17)6-7-14(10)22-9-11-4-3-5-13(15(11)21-2)16(18,19)20;2-1-3/h3-8H,9H2,1-2H3;1H,(H2,2,3). The van der Waals surface area contributed by atoms with E-state index in [-0.39, 0.29) is 17.9 Å². The molecule has 0 aliphatic rings. The molecule has 0 saturated carbocycles. The first-order chi connectivity index (χ1) is 11.7. The highest BCUT2D eigenvalue weighted by molar-refractivity contribution is 7.78. The molecule has 0 aliphatic carbocycles. The van der Waals surface area contributed by atoms with Crippen molar-refractivity contribution in [3.8, 4) is 11.5 Å². The number of alkyl halides is 3. The molecule has 2 aromatic rings. The summed E-state index contributed by atoms with van der Waals surface area (Å²) in [6.07, 6.45) is -4.51. The second-order valence-corrected chi connectivity index (χ2v) is 5.10. The number of para-hydroxylation sites is 1. The van der Waals surface area contributed by atoms with E-state index in [9.17, 15) is 17.6 Å². The van der Waals surface area contributed by atoms with E-state index in [1.54, 1.807) is 6.92 Å². The molecule has 2 rings (SSSR count). The van der Waals surface area contributed by atoms with Crippen molar-refractivity contribution in [3.63, 3.8) is 0 Å². The van der Waals surface area contributed by atoms with Gasteiger partial charge in [-0.05, 0) is 36.8 Å². The third-order valence-electron chi connectivity index (χ3n) is 3.13. The van der Waals surface area contributed by atoms with Crippen LogP contribution in [0.5, 0.6) is 11.5 Å². The predicted octanol–water partition coefficient (Wildman–Crippen LogP) is 4.64. The molecule has 0 aliphatic heterocycles. The molecule has 3 nitrogen and oxygen atoms in total. The van der Waals surface area contributed by atoms with Gasteiger partial charge in [-0.2, -0.15) is 13.2 Å². The smallest absolute Gasteiger partial charge is 0.419 e. The van der Waals surface area contributed by atoms with Gasteiger partial charge in [0.15, 0.2) is 0 Å². The van der Waals surface area contributed by atoms with Crippen molar-refractivity contribution < 1.29 is 27.0 Å². The molecule has 0 saturated heterocycles. The minimum absolute atomic E-state index is 0.112. The Hall–Kier alpha value is -2.35. The molecule has 0 aromatic heterocycles. The SMILES string of the molecule is COc1c(COc2ccc(F)cc2C)cccc1C(F)(F)F.NC=S. The van der Waals surface area contributed by atoms with Crippen molar-refractivity contribution in [2.45, 2.75) is 19.7 Å². The molecule has 0 fully saturated rings. The van der Waals surface area contributed by atoms with Gasteiger partial charge in [-0.25, -0.2) is 4.39 Å². The van der Waals surface area contributed by atoms with Crippen molar-refractivity contribution in [1.82, 2.24) is 0 Å². The fourth-order valence-electron chi connectivity index (χ4n) is 2.09. The third-order valence-corrected chi connectivity index (χ3v) is 3.13. The predicted molar refractivity (Wildman–Crippen MR) is 91.3 cm³/mol. The number of hydrogen-bond acceptors (Lipinski definition) is 3. The van der Waals surface area contributed by atoms with E-state index in [0.29, 0.717) is 11.3 Å². The summed E-state index contributed by atoms with van der Waals surface area (Å²) in [4.78, 5) is 0. The lowest BCUT2D eigenvalue weighted by Gasteiger charge is -2.16. The number of aryl methyl sites for hydroxylation is 1. The molecule has 0 heterocycles. The number of hydrogen-bond donors (Lipinski definition) is 1. The maximum absolute atomic E-state index is 13.0. The Morgan fingerprint density at radius 2 is 1.84 bits per heavy atom. The minimum Gasteiger partial charge on any atom is -0.496 e. The molecule has 136 valence electrons. The van der Waals surface area contributed by atoms with E-state index >= 15 is 0 Å². The van der Waals surface area contributed by atoms with Crippen molar-refractivity contribution in [3.05, 3.63) is 58.9 Å². The highest BCUT2D eigenvalue weighted by atomic mass is 32.1. The van der Waals surface area contributed by atoms with Gasteiger partial charge in [0, 0.05) is 5.56 Å². The fraction of sp³-hybridized carbons (Fsp3) is 0.235. The molecule has 0 unspecified atom stereocenters. The van der Waals surface area contributed by atoms with Crippen molar-refractivity contribution in [1.29, 1.82) is 0 Å². The van der Waals surface area contributed by atoms with Gasteiger partial charge in [0.1, 0.15) is 23.9 Å². The molecule has 0 atom stereocenters. The van der Waals surface area contributed by atoms with E-state index in [1.807, 2.05) is 0 Å². The first-order valence-electron chi connectivity index (χ1n) is 7.02. The van der Waals surface area contributed by atoms with Gasteiger partial charge < -0.3 is 15.2 Å². The summed E-state index contributed by atoms with van der Waals surface area (Å²) < 4.78 is 62.1. The summed E-state index contributed by atoms with van der Waals surface area (Å²) in [7, 11) is 1.18. The zero-order valence-corrected chi connectivity index (χ0v) is 14.4. The van der Waals surface area contributed by atoms with E-state index in [1.165, 1.54) is 37.4 Å². The van der Waals surface area contributed by atoms with Crippen molar-refractivity contribution in [2.24, 2.45) is 5.73 Å². The van der Waals surface area contributed by atoms with E-state index in [2.05, 4.69) is 18.0 Å². The zero-order valence-electron chi connectivity index (χ0n) is 13.6. The third kappa shape index (κ3) is 5.90. The molecule has 0 radical (unpaired) electrons. The Morgan fingerprint density at radius 3 is 2.36 bits per heavy atom. The van der Waals surface area contributed by atoms with Crippen LogP contribution in [0.15, 0.2) is 36.4 Å². The molecule has 0 amide bonds. The average Bonchev–Trinajstić information content (AvgIpc) is 2.53. The summed E-state index contributed by atoms with van der Waals surface area (Å²) in [6, 6.07) is 7.69. The van der Waals surface area contributed by atoms with Gasteiger partial charge in [-0.15, -0.1) is 0 Å². The summed E-state index contributed by atoms with van der Waals surface area (Å²) in [6.45, 7) is 1.54. The van der Waals surface area contributed by atoms with Crippen molar-refractivity contribution in [2.75, 3.05) is 7.11 Å². The van der Waals surface area contributed by atoms with Crippen LogP contribution in [0.2, 0.25) is 0 Å². The molecular weight excluding hydrogens is 358 g/mol. The van der Waals surface area contributed by atoms with Gasteiger partial charge in [0.2, 0.25) is 0 Å². The number of methoxy groups -OCH3 is 1. The Labute approximate surface area is 148 Å². The maximum Gasteiger partial charge on any atom is 0.419 e. The number of ether oxygens (including phenoxy) is 2. The number of nitrogens with two attached hydrogens (primary N) is 1. The van der Waals surface area contributed by atoms with Crippen LogP contribution in [0.4, 0.5) is 17.6 Å². The Balaban J connectivity index is 0.000000970. The average molecular weight is 375 g/mol. The highest BCUT2D eigenvalue weighted by Crippen LogP contribution is 2.38. The van der Waals surface area contributed by atoms with Crippen LogP contribution >= 0.6 is 12.2 Å². The van der Waals surface area contributed by atoms with Crippen LogP contribution in [-0.4, -0.2) is 12.6 Å². The second kappa shape index (κ2) is 9.22. The normalized spacial score (nSPS) is 10.5. The molecular formula is C17H17F4NO2S. The maximum atomic E-state index is 13.0. The Morgan fingerprint density at radius 1 is 1.20 bits per heavy atom. The summed E-state index contributed by atoms with van der Waals surface area (Å²) in [5, 5.41) is 0. The van der Waals surface area contributed by atoms with E-state index in [0.717, 1.165) is 11.6 Å². The first kappa shape index (κ1) is 20.7. The number of benzene rings is 2. The van der Waals surface area contributed by atoms with Gasteiger partial charge in [0.25, 0.3) is 0 Å². The monoisotopic (exact) mass is 375 g/mol. The van der Waals surface area contributed by atoms with Gasteiger partial charge in [0.05, 0.1) is 18.2 Å². The molecule has 2 N–H and O–H groups in total. The molecule has 0 bridgehead atoms. The Kier molecular flexibility index (Phi) is 7.63. The lowest BCUT2D eigenvalue weighted by Crippen LogP contribution is -2.10. The zero-order chi connectivity index (χ0) is 19.0. The lowest BCUT2D eigenvalue weighted by molar-refractivity contribution is -0.138. The number of halogens is 4. The quantitative estimate of drug-likeness (QED) is 0.624. The van der Waals surface area contributed by atoms with Crippen molar-refractivity contribution >= 4 is 17.7 Å². The van der Waals surface area contributed by atoms with Gasteiger partial charge in [-0.1, -0.05) is 24.4 Å². The van der Waals surface area contributed by atoms with Crippen LogP contribution in [0.1, 0.15) is 16.7 Å². The molecule has 0 spiro atoms. The summed E-state index contributed by atoms with van der Waals surface area (Å²) in [5.74, 6) is -0.267. The second-order valence-electron chi connectivity index (χ2n) is 4.83. The van der Waals surface area contributed by atoms with Crippen LogP contribution in [-0.2, 0) is 12.8 Å². The van der Waals surface area contributed by atoms with E-state index in [4.69, 9.17) is 9.47 Å². The van der Waals surface area contributed by atoms with Gasteiger partial charge >= 0.3 is 6.18 Å². The minimum atomic E-state index is -4.51. The molecule has 25 heavy (non-hydrogen) atoms. The van der Waals surface area contributed by atoms with Crippen LogP contribution in [0, 0.1) is 12.7 Å². The van der Waals surface area contributed by atoms with Crippen LogP contribution in [0.25, 0.3) is 0 Å². The van der Waals surface area contributed by atoms with E-state index < -0.39 is 17.6 Å². The topological polar surface area (TPSA) is 44.5 Å². The lowest BCUT2D eigenvalue weighted by atomic mass is 10.1. The van der Waals surface area contributed by atoms with Crippen LogP contribution < -0.4 is 15.2 Å². The Bertz CT molecular complexity index is 720. The van der Waals surface area contributed by atoms with Crippen LogP contribution in [0.3, 0.4) is 0 Å². The molecule has 8 heteroatoms. The summed E-state index contributed by atoms with van der Waals surface area (Å²) in [5.41, 5.74) is 5.59.